The summed E-state index contributed by atoms with van der Waals surface area (Å²) in [5.74, 6) is 0.615. The molecule has 0 aliphatic rings. The van der Waals surface area contributed by atoms with Crippen molar-refractivity contribution < 1.29 is 0 Å². The fourth-order valence-corrected chi connectivity index (χ4v) is 1.46. The van der Waals surface area contributed by atoms with Crippen LogP contribution in [0.25, 0.3) is 0 Å². The molecule has 72 valence electrons. The molecule has 0 aromatic carbocycles. The first kappa shape index (κ1) is 12.1. The molecule has 0 fully saturated rings. The maximum atomic E-state index is 5.50. The lowest BCUT2D eigenvalue weighted by Crippen LogP contribution is -2.37. The average Bonchev–Trinajstić information content (AvgIpc) is 1.83. The maximum Gasteiger partial charge on any atom is 0.00407 e. The van der Waals surface area contributed by atoms with Crippen molar-refractivity contribution in [1.82, 2.24) is 0 Å². The first-order chi connectivity index (χ1) is 5.10. The van der Waals surface area contributed by atoms with Gasteiger partial charge in [-0.1, -0.05) is 60.7 Å². The molecule has 0 N–H and O–H groups in total. The summed E-state index contributed by atoms with van der Waals surface area (Å²) in [6.07, 6.45) is 0. The van der Waals surface area contributed by atoms with Gasteiger partial charge in [0.2, 0.25) is 0 Å². The van der Waals surface area contributed by atoms with E-state index >= 15 is 0 Å². The van der Waals surface area contributed by atoms with Gasteiger partial charge in [0.15, 0.2) is 0 Å². The van der Waals surface area contributed by atoms with Crippen LogP contribution in [0.3, 0.4) is 0 Å². The molecule has 0 unspecified atom stereocenters. The Kier molecular flexibility index (Phi) is 3.48. The molecule has 0 radical (unpaired) electrons. The van der Waals surface area contributed by atoms with Crippen LogP contribution in [0.2, 0.25) is 0 Å². The first-order valence-electron chi connectivity index (χ1n) is 4.65. The number of hydrogen-bond donors (Lipinski definition) is 0. The normalized spacial score (nSPS) is 13.7. The molecular weight excluding hydrogens is 164 g/mol. The SMILES string of the molecule is CC(C)C(C)(C)C(=S)C(C)(C)C. The van der Waals surface area contributed by atoms with Gasteiger partial charge < -0.3 is 0 Å². The van der Waals surface area contributed by atoms with Crippen molar-refractivity contribution in [2.45, 2.75) is 48.5 Å². The Morgan fingerprint density at radius 3 is 1.42 bits per heavy atom. The highest BCUT2D eigenvalue weighted by molar-refractivity contribution is 7.80. The van der Waals surface area contributed by atoms with E-state index in [1.165, 1.54) is 4.86 Å². The van der Waals surface area contributed by atoms with Crippen molar-refractivity contribution in [3.8, 4) is 0 Å². The van der Waals surface area contributed by atoms with E-state index in [1.54, 1.807) is 0 Å². The Hall–Kier alpha value is 0.0900. The van der Waals surface area contributed by atoms with Gasteiger partial charge in [-0.2, -0.15) is 0 Å². The first-order valence-corrected chi connectivity index (χ1v) is 5.06. The monoisotopic (exact) mass is 186 g/mol. The second-order valence-electron chi connectivity index (χ2n) is 5.46. The summed E-state index contributed by atoms with van der Waals surface area (Å²) in [6.45, 7) is 15.5. The van der Waals surface area contributed by atoms with Crippen LogP contribution >= 0.6 is 12.2 Å². The van der Waals surface area contributed by atoms with Gasteiger partial charge in [0.05, 0.1) is 0 Å². The smallest absolute Gasteiger partial charge is 0.00407 e. The third-order valence-corrected chi connectivity index (χ3v) is 3.85. The molecule has 12 heavy (non-hydrogen) atoms. The van der Waals surface area contributed by atoms with Gasteiger partial charge in [-0.05, 0) is 16.7 Å². The molecule has 1 heteroatoms. The predicted octanol–water partition coefficient (Wildman–Crippen LogP) is 4.08. The molecule has 0 amide bonds. The van der Waals surface area contributed by atoms with Gasteiger partial charge in [0.1, 0.15) is 0 Å². The van der Waals surface area contributed by atoms with Crippen LogP contribution in [0.1, 0.15) is 48.5 Å². The Labute approximate surface area is 82.7 Å². The molecule has 0 aliphatic carbocycles. The van der Waals surface area contributed by atoms with Crippen molar-refractivity contribution in [2.75, 3.05) is 0 Å². The fraction of sp³-hybridized carbons (Fsp3) is 0.909. The highest BCUT2D eigenvalue weighted by Crippen LogP contribution is 2.36. The Balaban J connectivity index is 4.70. The highest BCUT2D eigenvalue weighted by atomic mass is 32.1. The zero-order valence-electron chi connectivity index (χ0n) is 9.49. The molecule has 0 atom stereocenters. The molecule has 0 bridgehead atoms. The zero-order chi connectivity index (χ0) is 10.2. The predicted molar refractivity (Wildman–Crippen MR) is 60.7 cm³/mol. The number of thiocarbonyl (C=S) groups is 1. The molecule has 0 rings (SSSR count). The average molecular weight is 186 g/mol. The maximum absolute atomic E-state index is 5.50. The van der Waals surface area contributed by atoms with Crippen molar-refractivity contribution in [3.63, 3.8) is 0 Å². The minimum atomic E-state index is 0.156. The lowest BCUT2D eigenvalue weighted by atomic mass is 9.70. The van der Waals surface area contributed by atoms with Gasteiger partial charge in [-0.3, -0.25) is 0 Å². The minimum absolute atomic E-state index is 0.156. The van der Waals surface area contributed by atoms with Crippen molar-refractivity contribution in [2.24, 2.45) is 16.7 Å². The summed E-state index contributed by atoms with van der Waals surface area (Å²) < 4.78 is 0. The van der Waals surface area contributed by atoms with Crippen LogP contribution in [0, 0.1) is 16.7 Å². The summed E-state index contributed by atoms with van der Waals surface area (Å²) in [5, 5.41) is 0. The third-order valence-electron chi connectivity index (χ3n) is 2.71. The number of rotatable bonds is 2. The Morgan fingerprint density at radius 1 is 1.00 bits per heavy atom. The quantitative estimate of drug-likeness (QED) is 0.585. The lowest BCUT2D eigenvalue weighted by Gasteiger charge is -2.37. The molecule has 0 aliphatic heterocycles. The second kappa shape index (κ2) is 3.45. The van der Waals surface area contributed by atoms with Crippen LogP contribution in [0.15, 0.2) is 0 Å². The van der Waals surface area contributed by atoms with Gasteiger partial charge >= 0.3 is 0 Å². The lowest BCUT2D eigenvalue weighted by molar-refractivity contribution is 0.341. The van der Waals surface area contributed by atoms with Gasteiger partial charge in [0, 0.05) is 4.86 Å². The highest BCUT2D eigenvalue weighted by Gasteiger charge is 2.34. The molecule has 0 nitrogen and oxygen atoms in total. The molecular formula is C11H22S. The van der Waals surface area contributed by atoms with E-state index in [2.05, 4.69) is 48.5 Å². The summed E-state index contributed by atoms with van der Waals surface area (Å²) >= 11 is 5.50. The van der Waals surface area contributed by atoms with Crippen LogP contribution in [-0.4, -0.2) is 4.86 Å². The van der Waals surface area contributed by atoms with E-state index in [0.29, 0.717) is 5.92 Å². The van der Waals surface area contributed by atoms with E-state index in [1.807, 2.05) is 0 Å². The van der Waals surface area contributed by atoms with E-state index in [4.69, 9.17) is 12.2 Å². The Bertz CT molecular complexity index is 170. The van der Waals surface area contributed by atoms with Crippen molar-refractivity contribution in [1.29, 1.82) is 0 Å². The summed E-state index contributed by atoms with van der Waals surface area (Å²) in [7, 11) is 0. The van der Waals surface area contributed by atoms with Gasteiger partial charge in [-0.15, -0.1) is 0 Å². The second-order valence-corrected chi connectivity index (χ2v) is 5.86. The van der Waals surface area contributed by atoms with Gasteiger partial charge in [0.25, 0.3) is 0 Å². The van der Waals surface area contributed by atoms with E-state index in [0.717, 1.165) is 0 Å². The standard InChI is InChI=1S/C11H22S/c1-8(2)11(6,7)9(12)10(3,4)5/h8H,1-7H3. The molecule has 0 saturated heterocycles. The van der Waals surface area contributed by atoms with E-state index in [9.17, 15) is 0 Å². The minimum Gasteiger partial charge on any atom is -0.0885 e. The molecule has 0 saturated carbocycles. The van der Waals surface area contributed by atoms with Gasteiger partial charge in [-0.25, -0.2) is 0 Å². The topological polar surface area (TPSA) is 0 Å². The third kappa shape index (κ3) is 2.55. The summed E-state index contributed by atoms with van der Waals surface area (Å²) in [5.41, 5.74) is 0.330. The van der Waals surface area contributed by atoms with Crippen LogP contribution < -0.4 is 0 Å². The fourth-order valence-electron chi connectivity index (χ4n) is 1.23. The van der Waals surface area contributed by atoms with E-state index in [-0.39, 0.29) is 10.8 Å². The molecule has 0 aromatic heterocycles. The van der Waals surface area contributed by atoms with Crippen LogP contribution in [0.5, 0.6) is 0 Å². The summed E-state index contributed by atoms with van der Waals surface area (Å²) in [4.78, 5) is 1.19. The largest absolute Gasteiger partial charge is 0.0885 e. The zero-order valence-corrected chi connectivity index (χ0v) is 10.3. The summed E-state index contributed by atoms with van der Waals surface area (Å²) in [6, 6.07) is 0. The van der Waals surface area contributed by atoms with Crippen molar-refractivity contribution >= 4 is 17.1 Å². The van der Waals surface area contributed by atoms with Crippen LogP contribution in [-0.2, 0) is 0 Å². The van der Waals surface area contributed by atoms with E-state index < -0.39 is 0 Å². The molecule has 0 spiro atoms. The van der Waals surface area contributed by atoms with Crippen LogP contribution in [0.4, 0.5) is 0 Å². The molecule has 0 heterocycles. The molecule has 0 aromatic rings. The van der Waals surface area contributed by atoms with Crippen molar-refractivity contribution in [3.05, 3.63) is 0 Å². The number of hydrogen-bond acceptors (Lipinski definition) is 1. The Morgan fingerprint density at radius 2 is 1.33 bits per heavy atom.